The van der Waals surface area contributed by atoms with Gasteiger partial charge in [-0.15, -0.1) is 24.8 Å². The minimum absolute atomic E-state index is 0. The predicted octanol–water partition coefficient (Wildman–Crippen LogP) is 1.57. The Balaban J connectivity index is 0.000001000. The van der Waals surface area contributed by atoms with Crippen LogP contribution in [0.5, 0.6) is 0 Å². The predicted molar refractivity (Wildman–Crippen MR) is 85.8 cm³/mol. The molecule has 2 heterocycles. The number of nitrogens with zero attached hydrogens (tertiary/aromatic N) is 1. The Morgan fingerprint density at radius 2 is 1.85 bits per heavy atom. The Labute approximate surface area is 134 Å². The number of nitrogens with one attached hydrogen (secondary N) is 2. The van der Waals surface area contributed by atoms with Crippen LogP contribution < -0.4 is 10.6 Å². The third kappa shape index (κ3) is 4.76. The summed E-state index contributed by atoms with van der Waals surface area (Å²) >= 11 is 0. The Bertz CT molecular complexity index is 313. The summed E-state index contributed by atoms with van der Waals surface area (Å²) in [6.07, 6.45) is 7.75. The molecule has 0 aromatic carbocycles. The maximum absolute atomic E-state index is 11.9. The first-order valence-corrected chi connectivity index (χ1v) is 7.57. The molecule has 0 aromatic rings. The molecule has 3 fully saturated rings. The van der Waals surface area contributed by atoms with Crippen molar-refractivity contribution in [3.8, 4) is 0 Å². The fourth-order valence-electron chi connectivity index (χ4n) is 3.39. The van der Waals surface area contributed by atoms with E-state index in [9.17, 15) is 4.79 Å². The normalized spacial score (nSPS) is 29.0. The second-order valence-corrected chi connectivity index (χ2v) is 6.14. The number of carbonyl (C=O) groups is 1. The summed E-state index contributed by atoms with van der Waals surface area (Å²) in [6.45, 7) is 3.93. The van der Waals surface area contributed by atoms with Gasteiger partial charge < -0.3 is 10.6 Å². The van der Waals surface area contributed by atoms with Crippen molar-refractivity contribution < 1.29 is 4.79 Å². The molecule has 3 rings (SSSR count). The lowest BCUT2D eigenvalue weighted by Gasteiger charge is -2.32. The van der Waals surface area contributed by atoms with Gasteiger partial charge in [-0.3, -0.25) is 9.69 Å². The molecular weight excluding hydrogens is 297 g/mol. The van der Waals surface area contributed by atoms with Crippen molar-refractivity contribution in [2.24, 2.45) is 5.92 Å². The average molecular weight is 324 g/mol. The Kier molecular flexibility index (Phi) is 7.59. The van der Waals surface area contributed by atoms with E-state index in [2.05, 4.69) is 15.5 Å². The molecule has 0 radical (unpaired) electrons. The van der Waals surface area contributed by atoms with E-state index < -0.39 is 0 Å². The van der Waals surface area contributed by atoms with Crippen molar-refractivity contribution in [3.63, 3.8) is 0 Å². The first-order valence-electron chi connectivity index (χ1n) is 7.57. The minimum Gasteiger partial charge on any atom is -0.351 e. The third-order valence-electron chi connectivity index (χ3n) is 4.62. The maximum Gasteiger partial charge on any atom is 0.234 e. The number of piperidine rings is 1. The number of fused-ring (bicyclic) bond motifs is 1. The van der Waals surface area contributed by atoms with E-state index in [1.165, 1.54) is 45.2 Å². The number of hydrogen-bond acceptors (Lipinski definition) is 3. The van der Waals surface area contributed by atoms with Gasteiger partial charge in [0.2, 0.25) is 5.91 Å². The largest absolute Gasteiger partial charge is 0.351 e. The van der Waals surface area contributed by atoms with E-state index in [0.29, 0.717) is 18.6 Å². The molecule has 0 bridgehead atoms. The van der Waals surface area contributed by atoms with Gasteiger partial charge in [0.15, 0.2) is 0 Å². The lowest BCUT2D eigenvalue weighted by atomic mass is 9.99. The van der Waals surface area contributed by atoms with Crippen molar-refractivity contribution in [1.29, 1.82) is 0 Å². The zero-order valence-corrected chi connectivity index (χ0v) is 13.6. The molecule has 2 saturated heterocycles. The molecule has 0 aromatic heterocycles. The highest BCUT2D eigenvalue weighted by Gasteiger charge is 2.36. The van der Waals surface area contributed by atoms with Gasteiger partial charge in [0.1, 0.15) is 0 Å². The topological polar surface area (TPSA) is 44.4 Å². The van der Waals surface area contributed by atoms with E-state index in [1.54, 1.807) is 0 Å². The maximum atomic E-state index is 11.9. The summed E-state index contributed by atoms with van der Waals surface area (Å²) in [7, 11) is 0. The van der Waals surface area contributed by atoms with Crippen molar-refractivity contribution >= 4 is 30.7 Å². The quantitative estimate of drug-likeness (QED) is 0.807. The average Bonchev–Trinajstić information content (AvgIpc) is 3.11. The smallest absolute Gasteiger partial charge is 0.234 e. The van der Waals surface area contributed by atoms with Gasteiger partial charge in [0.05, 0.1) is 6.54 Å². The van der Waals surface area contributed by atoms with Crippen LogP contribution in [0.15, 0.2) is 0 Å². The van der Waals surface area contributed by atoms with E-state index in [-0.39, 0.29) is 30.7 Å². The molecule has 3 aliphatic rings. The van der Waals surface area contributed by atoms with Gasteiger partial charge in [0, 0.05) is 18.6 Å². The molecule has 4 nitrogen and oxygen atoms in total. The Morgan fingerprint density at radius 1 is 1.05 bits per heavy atom. The molecule has 2 N–H and O–H groups in total. The first kappa shape index (κ1) is 18.0. The van der Waals surface area contributed by atoms with E-state index in [4.69, 9.17) is 0 Å². The van der Waals surface area contributed by atoms with Gasteiger partial charge in [0.25, 0.3) is 0 Å². The lowest BCUT2D eigenvalue weighted by Crippen LogP contribution is -2.48. The number of halogens is 2. The van der Waals surface area contributed by atoms with Crippen LogP contribution in [0.25, 0.3) is 0 Å². The molecule has 1 aliphatic carbocycles. The molecule has 2 unspecified atom stereocenters. The Hall–Kier alpha value is -0.0300. The molecule has 118 valence electrons. The molecule has 2 atom stereocenters. The standard InChI is InChI=1S/C14H25N3O.2ClH/c18-14(10-15-9-11-4-5-11)16-12-6-8-17-7-2-1-3-13(12)17;;/h11-13,15H,1-10H2,(H,16,18);2*1H. The third-order valence-corrected chi connectivity index (χ3v) is 4.62. The van der Waals surface area contributed by atoms with Crippen LogP contribution in [0.2, 0.25) is 0 Å². The summed E-state index contributed by atoms with van der Waals surface area (Å²) in [4.78, 5) is 14.4. The van der Waals surface area contributed by atoms with Crippen molar-refractivity contribution in [2.45, 2.75) is 50.6 Å². The number of amides is 1. The van der Waals surface area contributed by atoms with Crippen LogP contribution in [0.1, 0.15) is 38.5 Å². The molecule has 0 spiro atoms. The number of hydrogen-bond donors (Lipinski definition) is 2. The van der Waals surface area contributed by atoms with Crippen molar-refractivity contribution in [1.82, 2.24) is 15.5 Å². The van der Waals surface area contributed by atoms with Crippen LogP contribution in [0.4, 0.5) is 0 Å². The van der Waals surface area contributed by atoms with E-state index in [1.807, 2.05) is 0 Å². The monoisotopic (exact) mass is 323 g/mol. The number of rotatable bonds is 5. The molecular formula is C14H27Cl2N3O. The van der Waals surface area contributed by atoms with Crippen molar-refractivity contribution in [3.05, 3.63) is 0 Å². The van der Waals surface area contributed by atoms with Gasteiger partial charge in [-0.05, 0) is 51.1 Å². The zero-order valence-electron chi connectivity index (χ0n) is 12.0. The van der Waals surface area contributed by atoms with Crippen molar-refractivity contribution in [2.75, 3.05) is 26.2 Å². The van der Waals surface area contributed by atoms with Crippen LogP contribution in [-0.4, -0.2) is 49.1 Å². The summed E-state index contributed by atoms with van der Waals surface area (Å²) < 4.78 is 0. The van der Waals surface area contributed by atoms with Gasteiger partial charge in [-0.1, -0.05) is 6.42 Å². The van der Waals surface area contributed by atoms with Crippen LogP contribution >= 0.6 is 24.8 Å². The van der Waals surface area contributed by atoms with Crippen LogP contribution in [0.3, 0.4) is 0 Å². The van der Waals surface area contributed by atoms with Gasteiger partial charge >= 0.3 is 0 Å². The first-order chi connectivity index (χ1) is 8.83. The van der Waals surface area contributed by atoms with E-state index in [0.717, 1.165) is 18.9 Å². The Morgan fingerprint density at radius 3 is 2.60 bits per heavy atom. The lowest BCUT2D eigenvalue weighted by molar-refractivity contribution is -0.121. The SMILES string of the molecule is Cl.Cl.O=C(CNCC1CC1)NC1CCN2CCCCC12. The summed E-state index contributed by atoms with van der Waals surface area (Å²) in [5, 5.41) is 6.50. The highest BCUT2D eigenvalue weighted by Crippen LogP contribution is 2.28. The highest BCUT2D eigenvalue weighted by atomic mass is 35.5. The fourth-order valence-corrected chi connectivity index (χ4v) is 3.39. The fraction of sp³-hybridized carbons (Fsp3) is 0.929. The van der Waals surface area contributed by atoms with Crippen LogP contribution in [-0.2, 0) is 4.79 Å². The molecule has 6 heteroatoms. The summed E-state index contributed by atoms with van der Waals surface area (Å²) in [5.41, 5.74) is 0. The molecule has 20 heavy (non-hydrogen) atoms. The highest BCUT2D eigenvalue weighted by molar-refractivity contribution is 5.85. The minimum atomic E-state index is 0. The summed E-state index contributed by atoms with van der Waals surface area (Å²) in [5.74, 6) is 1.03. The van der Waals surface area contributed by atoms with Crippen LogP contribution in [0, 0.1) is 5.92 Å². The molecule has 1 saturated carbocycles. The second-order valence-electron chi connectivity index (χ2n) is 6.14. The van der Waals surface area contributed by atoms with Gasteiger partial charge in [-0.2, -0.15) is 0 Å². The molecule has 2 aliphatic heterocycles. The second kappa shape index (κ2) is 8.42. The van der Waals surface area contributed by atoms with Gasteiger partial charge in [-0.25, -0.2) is 0 Å². The summed E-state index contributed by atoms with van der Waals surface area (Å²) in [6, 6.07) is 1.02. The molecule has 1 amide bonds. The zero-order chi connectivity index (χ0) is 12.4. The van der Waals surface area contributed by atoms with E-state index >= 15 is 0 Å². The number of carbonyl (C=O) groups excluding carboxylic acids is 1.